The lowest BCUT2D eigenvalue weighted by molar-refractivity contribution is -0.00707. The largest absolute Gasteiger partial charge is 0.490 e. The van der Waals surface area contributed by atoms with Gasteiger partial charge in [0.2, 0.25) is 0 Å². The van der Waals surface area contributed by atoms with Crippen LogP contribution in [-0.2, 0) is 11.2 Å². The minimum Gasteiger partial charge on any atom is -0.490 e. The second kappa shape index (κ2) is 9.19. The van der Waals surface area contributed by atoms with Crippen molar-refractivity contribution in [2.75, 3.05) is 0 Å². The normalized spacial score (nSPS) is 24.3. The second-order valence-electron chi connectivity index (χ2n) is 9.44. The van der Waals surface area contributed by atoms with Gasteiger partial charge in [0, 0.05) is 24.9 Å². The minimum absolute atomic E-state index is 0.161. The first-order valence-corrected chi connectivity index (χ1v) is 11.1. The Labute approximate surface area is 170 Å². The van der Waals surface area contributed by atoms with E-state index in [2.05, 4.69) is 31.2 Å². The highest BCUT2D eigenvalue weighted by Crippen LogP contribution is 2.38. The molecule has 3 rings (SSSR count). The molecule has 28 heavy (non-hydrogen) atoms. The minimum atomic E-state index is -0.442. The van der Waals surface area contributed by atoms with E-state index >= 15 is 0 Å². The molecule has 0 aliphatic carbocycles. The van der Waals surface area contributed by atoms with Crippen LogP contribution in [0.2, 0.25) is 0 Å². The first-order chi connectivity index (χ1) is 13.4. The van der Waals surface area contributed by atoms with Gasteiger partial charge in [0.05, 0.1) is 0 Å². The lowest BCUT2D eigenvalue weighted by Crippen LogP contribution is -2.50. The number of benzene rings is 1. The molecule has 0 unspecified atom stereocenters. The quantitative estimate of drug-likeness (QED) is 0.529. The Morgan fingerprint density at radius 2 is 1.68 bits per heavy atom. The van der Waals surface area contributed by atoms with Gasteiger partial charge in [-0.1, -0.05) is 38.3 Å². The van der Waals surface area contributed by atoms with Gasteiger partial charge in [-0.25, -0.2) is 4.79 Å². The summed E-state index contributed by atoms with van der Waals surface area (Å²) in [6.45, 7) is 8.03. The van der Waals surface area contributed by atoms with Gasteiger partial charge in [-0.3, -0.25) is 0 Å². The molecule has 1 aromatic rings. The SMILES string of the molecule is CCCCCCc1ccc(O[C@H]2C[C@H]3CC[C@@H](C2)N3C(=O)OC(C)(C)C)cc1. The zero-order valence-corrected chi connectivity index (χ0v) is 18.1. The summed E-state index contributed by atoms with van der Waals surface area (Å²) in [5, 5.41) is 0. The number of unbranched alkanes of at least 4 members (excludes halogenated alkanes) is 3. The summed E-state index contributed by atoms with van der Waals surface area (Å²) < 4.78 is 11.9. The third-order valence-corrected chi connectivity index (χ3v) is 5.84. The number of fused-ring (bicyclic) bond motifs is 2. The summed E-state index contributed by atoms with van der Waals surface area (Å²) in [7, 11) is 0. The van der Waals surface area contributed by atoms with Crippen molar-refractivity contribution in [2.24, 2.45) is 0 Å². The number of hydrogen-bond donors (Lipinski definition) is 0. The highest BCUT2D eigenvalue weighted by molar-refractivity contribution is 5.69. The maximum absolute atomic E-state index is 12.6. The molecule has 1 aromatic carbocycles. The van der Waals surface area contributed by atoms with E-state index in [0.717, 1.165) is 37.9 Å². The number of ether oxygens (including phenoxy) is 2. The van der Waals surface area contributed by atoms with Crippen molar-refractivity contribution in [1.82, 2.24) is 4.90 Å². The molecule has 0 saturated carbocycles. The van der Waals surface area contributed by atoms with Crippen LogP contribution in [0.15, 0.2) is 24.3 Å². The Morgan fingerprint density at radius 1 is 1.04 bits per heavy atom. The van der Waals surface area contributed by atoms with E-state index in [1.165, 1.54) is 31.2 Å². The fourth-order valence-electron chi connectivity index (χ4n) is 4.52. The molecule has 0 N–H and O–H groups in total. The zero-order chi connectivity index (χ0) is 20.1. The van der Waals surface area contributed by atoms with Crippen LogP contribution in [0.25, 0.3) is 0 Å². The molecule has 0 spiro atoms. The van der Waals surface area contributed by atoms with Crippen molar-refractivity contribution in [3.05, 3.63) is 29.8 Å². The molecule has 0 aromatic heterocycles. The van der Waals surface area contributed by atoms with Crippen LogP contribution in [0.5, 0.6) is 5.75 Å². The highest BCUT2D eigenvalue weighted by atomic mass is 16.6. The lowest BCUT2D eigenvalue weighted by atomic mass is 10.00. The van der Waals surface area contributed by atoms with E-state index in [-0.39, 0.29) is 24.3 Å². The molecule has 4 nitrogen and oxygen atoms in total. The number of carbonyl (C=O) groups excluding carboxylic acids is 1. The summed E-state index contributed by atoms with van der Waals surface area (Å²) in [6.07, 6.45) is 10.3. The number of carbonyl (C=O) groups is 1. The molecule has 4 heteroatoms. The van der Waals surface area contributed by atoms with Crippen molar-refractivity contribution < 1.29 is 14.3 Å². The Morgan fingerprint density at radius 3 is 2.25 bits per heavy atom. The van der Waals surface area contributed by atoms with Gasteiger partial charge in [0.1, 0.15) is 17.5 Å². The first-order valence-electron chi connectivity index (χ1n) is 11.1. The predicted molar refractivity (Wildman–Crippen MR) is 113 cm³/mol. The Hall–Kier alpha value is -1.71. The van der Waals surface area contributed by atoms with E-state index in [1.807, 2.05) is 25.7 Å². The molecule has 156 valence electrons. The monoisotopic (exact) mass is 387 g/mol. The number of nitrogens with zero attached hydrogens (tertiary/aromatic N) is 1. The van der Waals surface area contributed by atoms with E-state index < -0.39 is 5.60 Å². The molecular formula is C24H37NO3. The fraction of sp³-hybridized carbons (Fsp3) is 0.708. The first kappa shape index (κ1) is 21.0. The molecule has 2 bridgehead atoms. The standard InChI is InChI=1S/C24H37NO3/c1-5-6-7-8-9-18-10-14-21(15-11-18)27-22-16-19-12-13-20(17-22)25(19)23(26)28-24(2,3)4/h10-11,14-15,19-20,22H,5-9,12-13,16-17H2,1-4H3/t19-,20+,22+. The van der Waals surface area contributed by atoms with Gasteiger partial charge in [0.15, 0.2) is 0 Å². The van der Waals surface area contributed by atoms with Crippen LogP contribution < -0.4 is 4.74 Å². The molecule has 3 atom stereocenters. The topological polar surface area (TPSA) is 38.8 Å². The third-order valence-electron chi connectivity index (χ3n) is 5.84. The third kappa shape index (κ3) is 5.65. The average Bonchev–Trinajstić information content (AvgIpc) is 2.90. The number of hydrogen-bond acceptors (Lipinski definition) is 3. The zero-order valence-electron chi connectivity index (χ0n) is 18.1. The molecule has 0 radical (unpaired) electrons. The van der Waals surface area contributed by atoms with E-state index in [4.69, 9.17) is 9.47 Å². The van der Waals surface area contributed by atoms with Gasteiger partial charge in [0.25, 0.3) is 0 Å². The Balaban J connectivity index is 1.50. The highest BCUT2D eigenvalue weighted by Gasteiger charge is 2.45. The van der Waals surface area contributed by atoms with Crippen LogP contribution in [0.3, 0.4) is 0 Å². The van der Waals surface area contributed by atoms with Crippen molar-refractivity contribution in [3.63, 3.8) is 0 Å². The van der Waals surface area contributed by atoms with Gasteiger partial charge >= 0.3 is 6.09 Å². The van der Waals surface area contributed by atoms with E-state index in [1.54, 1.807) is 0 Å². The van der Waals surface area contributed by atoms with Crippen LogP contribution in [0.4, 0.5) is 4.79 Å². The van der Waals surface area contributed by atoms with Crippen molar-refractivity contribution in [3.8, 4) is 5.75 Å². The number of rotatable bonds is 7. The number of piperidine rings is 1. The van der Waals surface area contributed by atoms with Crippen LogP contribution >= 0.6 is 0 Å². The molecule has 1 amide bonds. The summed E-state index contributed by atoms with van der Waals surface area (Å²) in [4.78, 5) is 14.5. The van der Waals surface area contributed by atoms with Crippen LogP contribution in [-0.4, -0.2) is 34.8 Å². The van der Waals surface area contributed by atoms with Crippen molar-refractivity contribution in [1.29, 1.82) is 0 Å². The summed E-state index contributed by atoms with van der Waals surface area (Å²) in [5.74, 6) is 0.951. The van der Waals surface area contributed by atoms with Crippen LogP contribution in [0, 0.1) is 0 Å². The molecule has 2 aliphatic rings. The smallest absolute Gasteiger partial charge is 0.410 e. The molecule has 2 saturated heterocycles. The maximum Gasteiger partial charge on any atom is 0.410 e. The molecule has 2 fully saturated rings. The number of aryl methyl sites for hydroxylation is 1. The fourth-order valence-corrected chi connectivity index (χ4v) is 4.52. The Kier molecular flexibility index (Phi) is 6.90. The van der Waals surface area contributed by atoms with E-state index in [0.29, 0.717) is 0 Å². The van der Waals surface area contributed by atoms with Crippen molar-refractivity contribution in [2.45, 2.75) is 109 Å². The average molecular weight is 388 g/mol. The number of amides is 1. The van der Waals surface area contributed by atoms with E-state index in [9.17, 15) is 4.79 Å². The predicted octanol–water partition coefficient (Wildman–Crippen LogP) is 6.12. The maximum atomic E-state index is 12.6. The summed E-state index contributed by atoms with van der Waals surface area (Å²) in [6, 6.07) is 9.11. The second-order valence-corrected chi connectivity index (χ2v) is 9.44. The lowest BCUT2D eigenvalue weighted by Gasteiger charge is -2.39. The van der Waals surface area contributed by atoms with Gasteiger partial charge in [-0.2, -0.15) is 0 Å². The Bertz CT molecular complexity index is 620. The summed E-state index contributed by atoms with van der Waals surface area (Å²) >= 11 is 0. The molecular weight excluding hydrogens is 350 g/mol. The summed E-state index contributed by atoms with van der Waals surface area (Å²) in [5.41, 5.74) is 0.950. The van der Waals surface area contributed by atoms with Gasteiger partial charge in [-0.15, -0.1) is 0 Å². The molecule has 2 aliphatic heterocycles. The molecule has 2 heterocycles. The van der Waals surface area contributed by atoms with Crippen LogP contribution in [0.1, 0.15) is 84.6 Å². The van der Waals surface area contributed by atoms with Gasteiger partial charge < -0.3 is 14.4 Å². The van der Waals surface area contributed by atoms with Gasteiger partial charge in [-0.05, 0) is 64.2 Å². The van der Waals surface area contributed by atoms with Crippen molar-refractivity contribution >= 4 is 6.09 Å².